The highest BCUT2D eigenvalue weighted by atomic mass is 16.2. The van der Waals surface area contributed by atoms with Crippen molar-refractivity contribution < 1.29 is 9.59 Å². The molecule has 150 valence electrons. The van der Waals surface area contributed by atoms with Crippen LogP contribution in [0.1, 0.15) is 22.8 Å². The maximum Gasteiger partial charge on any atom is 0.317 e. The van der Waals surface area contributed by atoms with Crippen LogP contribution in [0.4, 0.5) is 4.79 Å². The second-order valence-corrected chi connectivity index (χ2v) is 7.04. The molecule has 4 rings (SSSR count). The Balaban J connectivity index is 1.45. The molecule has 2 aromatic heterocycles. The number of fused-ring (bicyclic) bond motifs is 1. The third-order valence-electron chi connectivity index (χ3n) is 5.08. The Morgan fingerprint density at radius 1 is 1.03 bits per heavy atom. The number of carbonyl (C=O) groups excluding carboxylic acids is 2. The average Bonchev–Trinajstić information content (AvgIpc) is 3.16. The molecule has 0 bridgehead atoms. The molecule has 0 radical (unpaired) electrons. The first-order valence-electron chi connectivity index (χ1n) is 9.83. The zero-order chi connectivity index (χ0) is 20.2. The van der Waals surface area contributed by atoms with Crippen molar-refractivity contribution in [2.24, 2.45) is 0 Å². The molecule has 1 aliphatic rings. The van der Waals surface area contributed by atoms with E-state index in [0.29, 0.717) is 44.8 Å². The highest BCUT2D eigenvalue weighted by Crippen LogP contribution is 2.16. The van der Waals surface area contributed by atoms with Crippen molar-refractivity contribution in [1.82, 2.24) is 29.9 Å². The van der Waals surface area contributed by atoms with Gasteiger partial charge < -0.3 is 15.1 Å². The normalized spacial score (nSPS) is 14.2. The quantitative estimate of drug-likeness (QED) is 0.736. The topological polar surface area (TPSA) is 83.4 Å². The molecule has 1 aliphatic heterocycles. The molecule has 0 unspecified atom stereocenters. The van der Waals surface area contributed by atoms with Crippen molar-refractivity contribution in [3.05, 3.63) is 59.9 Å². The minimum Gasteiger partial charge on any atom is -0.338 e. The van der Waals surface area contributed by atoms with Gasteiger partial charge in [-0.3, -0.25) is 4.79 Å². The fraction of sp³-hybridized carbons (Fsp3) is 0.333. The summed E-state index contributed by atoms with van der Waals surface area (Å²) in [7, 11) is 0. The van der Waals surface area contributed by atoms with Gasteiger partial charge in [-0.15, -0.1) is 0 Å². The Kier molecular flexibility index (Phi) is 5.41. The Bertz CT molecular complexity index is 1010. The van der Waals surface area contributed by atoms with Gasteiger partial charge in [0.05, 0.1) is 18.3 Å². The SMILES string of the molecule is CCNC(=O)N1CCN(C(=O)c2cnc3c(cnn3Cc3ccccc3)c2)CC1. The van der Waals surface area contributed by atoms with E-state index in [1.807, 2.05) is 48.0 Å². The van der Waals surface area contributed by atoms with Crippen LogP contribution < -0.4 is 5.32 Å². The van der Waals surface area contributed by atoms with E-state index in [1.54, 1.807) is 22.2 Å². The van der Waals surface area contributed by atoms with Crippen LogP contribution in [0.5, 0.6) is 0 Å². The molecule has 1 fully saturated rings. The van der Waals surface area contributed by atoms with Crippen LogP contribution in [0, 0.1) is 0 Å². The van der Waals surface area contributed by atoms with Crippen LogP contribution in [-0.4, -0.2) is 69.2 Å². The van der Waals surface area contributed by atoms with Gasteiger partial charge in [-0.1, -0.05) is 30.3 Å². The number of amides is 3. The minimum absolute atomic E-state index is 0.0641. The van der Waals surface area contributed by atoms with Gasteiger partial charge >= 0.3 is 6.03 Å². The second kappa shape index (κ2) is 8.30. The van der Waals surface area contributed by atoms with E-state index in [2.05, 4.69) is 15.4 Å². The van der Waals surface area contributed by atoms with Crippen LogP contribution >= 0.6 is 0 Å². The molecule has 8 heteroatoms. The first-order chi connectivity index (χ1) is 14.2. The zero-order valence-electron chi connectivity index (χ0n) is 16.4. The van der Waals surface area contributed by atoms with Crippen molar-refractivity contribution in [3.8, 4) is 0 Å². The summed E-state index contributed by atoms with van der Waals surface area (Å²) in [6.45, 7) is 5.21. The lowest BCUT2D eigenvalue weighted by Crippen LogP contribution is -2.53. The smallest absolute Gasteiger partial charge is 0.317 e. The van der Waals surface area contributed by atoms with Gasteiger partial charge in [0.2, 0.25) is 0 Å². The minimum atomic E-state index is -0.0754. The molecule has 3 heterocycles. The predicted molar refractivity (Wildman–Crippen MR) is 110 cm³/mol. The van der Waals surface area contributed by atoms with Gasteiger partial charge in [-0.25, -0.2) is 14.5 Å². The van der Waals surface area contributed by atoms with E-state index in [9.17, 15) is 9.59 Å². The number of hydrogen-bond donors (Lipinski definition) is 1. The maximum atomic E-state index is 12.9. The lowest BCUT2D eigenvalue weighted by Gasteiger charge is -2.34. The Morgan fingerprint density at radius 3 is 2.48 bits per heavy atom. The van der Waals surface area contributed by atoms with E-state index in [0.717, 1.165) is 16.6 Å². The lowest BCUT2D eigenvalue weighted by molar-refractivity contribution is 0.0665. The number of benzene rings is 1. The number of nitrogens with zero attached hydrogens (tertiary/aromatic N) is 5. The zero-order valence-corrected chi connectivity index (χ0v) is 16.4. The fourth-order valence-electron chi connectivity index (χ4n) is 3.52. The molecule has 8 nitrogen and oxygen atoms in total. The Hall–Kier alpha value is -3.42. The van der Waals surface area contributed by atoms with Gasteiger partial charge in [0.25, 0.3) is 5.91 Å². The maximum absolute atomic E-state index is 12.9. The summed E-state index contributed by atoms with van der Waals surface area (Å²) in [6.07, 6.45) is 3.36. The van der Waals surface area contributed by atoms with Crippen molar-refractivity contribution in [1.29, 1.82) is 0 Å². The Labute approximate surface area is 169 Å². The van der Waals surface area contributed by atoms with Crippen LogP contribution in [-0.2, 0) is 6.54 Å². The standard InChI is InChI=1S/C21H24N6O2/c1-2-22-21(29)26-10-8-25(9-11-26)20(28)18-12-17-14-24-27(19(17)23-13-18)15-16-6-4-3-5-7-16/h3-7,12-14H,2,8-11,15H2,1H3,(H,22,29). The van der Waals surface area contributed by atoms with E-state index >= 15 is 0 Å². The molecule has 29 heavy (non-hydrogen) atoms. The van der Waals surface area contributed by atoms with Crippen LogP contribution in [0.2, 0.25) is 0 Å². The molecular formula is C21H24N6O2. The molecule has 1 saturated heterocycles. The highest BCUT2D eigenvalue weighted by molar-refractivity contribution is 5.97. The van der Waals surface area contributed by atoms with Gasteiger partial charge in [0.1, 0.15) is 0 Å². The van der Waals surface area contributed by atoms with Gasteiger partial charge in [-0.05, 0) is 18.6 Å². The summed E-state index contributed by atoms with van der Waals surface area (Å²) in [6, 6.07) is 11.8. The summed E-state index contributed by atoms with van der Waals surface area (Å²) >= 11 is 0. The monoisotopic (exact) mass is 392 g/mol. The number of pyridine rings is 1. The number of urea groups is 1. The molecule has 0 spiro atoms. The molecule has 0 aliphatic carbocycles. The van der Waals surface area contributed by atoms with Gasteiger partial charge in [-0.2, -0.15) is 5.10 Å². The predicted octanol–water partition coefficient (Wildman–Crippen LogP) is 1.97. The summed E-state index contributed by atoms with van der Waals surface area (Å²) in [5.41, 5.74) is 2.44. The van der Waals surface area contributed by atoms with Crippen molar-refractivity contribution in [2.45, 2.75) is 13.5 Å². The first kappa shape index (κ1) is 18.9. The van der Waals surface area contributed by atoms with Crippen molar-refractivity contribution in [2.75, 3.05) is 32.7 Å². The van der Waals surface area contributed by atoms with Gasteiger partial charge in [0.15, 0.2) is 5.65 Å². The van der Waals surface area contributed by atoms with Crippen LogP contribution in [0.3, 0.4) is 0 Å². The van der Waals surface area contributed by atoms with E-state index in [1.165, 1.54) is 0 Å². The Morgan fingerprint density at radius 2 is 1.76 bits per heavy atom. The number of rotatable bonds is 4. The molecule has 0 saturated carbocycles. The summed E-state index contributed by atoms with van der Waals surface area (Å²) < 4.78 is 1.84. The lowest BCUT2D eigenvalue weighted by atomic mass is 10.2. The number of piperazine rings is 1. The molecule has 3 aromatic rings. The van der Waals surface area contributed by atoms with E-state index < -0.39 is 0 Å². The van der Waals surface area contributed by atoms with E-state index in [-0.39, 0.29) is 11.9 Å². The number of hydrogen-bond acceptors (Lipinski definition) is 4. The van der Waals surface area contributed by atoms with Crippen molar-refractivity contribution in [3.63, 3.8) is 0 Å². The van der Waals surface area contributed by atoms with Gasteiger partial charge in [0, 0.05) is 44.3 Å². The summed E-state index contributed by atoms with van der Waals surface area (Å²) in [5, 5.41) is 8.06. The van der Waals surface area contributed by atoms with Crippen LogP contribution in [0.25, 0.3) is 11.0 Å². The summed E-state index contributed by atoms with van der Waals surface area (Å²) in [5.74, 6) is -0.0641. The highest BCUT2D eigenvalue weighted by Gasteiger charge is 2.25. The molecule has 1 aromatic carbocycles. The van der Waals surface area contributed by atoms with Crippen LogP contribution in [0.15, 0.2) is 48.8 Å². The third kappa shape index (κ3) is 4.06. The first-order valence-corrected chi connectivity index (χ1v) is 9.83. The summed E-state index contributed by atoms with van der Waals surface area (Å²) in [4.78, 5) is 32.8. The average molecular weight is 392 g/mol. The fourth-order valence-corrected chi connectivity index (χ4v) is 3.52. The van der Waals surface area contributed by atoms with E-state index in [4.69, 9.17) is 0 Å². The molecule has 1 N–H and O–H groups in total. The number of nitrogens with one attached hydrogen (secondary N) is 1. The van der Waals surface area contributed by atoms with Crippen molar-refractivity contribution >= 4 is 23.0 Å². The largest absolute Gasteiger partial charge is 0.338 e. The molecular weight excluding hydrogens is 368 g/mol. The molecule has 3 amide bonds. The second-order valence-electron chi connectivity index (χ2n) is 7.04. The third-order valence-corrected chi connectivity index (χ3v) is 5.08. The number of aromatic nitrogens is 3. The number of carbonyl (C=O) groups is 2. The molecule has 0 atom stereocenters.